The fourth-order valence-electron chi connectivity index (χ4n) is 7.30. The van der Waals surface area contributed by atoms with Crippen LogP contribution in [0, 0.1) is 11.7 Å². The maximum absolute atomic E-state index is 15.4. The van der Waals surface area contributed by atoms with Gasteiger partial charge in [-0.05, 0) is 43.7 Å². The Morgan fingerprint density at radius 2 is 2.00 bits per heavy atom. The van der Waals surface area contributed by atoms with Crippen molar-refractivity contribution in [2.75, 3.05) is 6.54 Å². The van der Waals surface area contributed by atoms with Gasteiger partial charge in [0, 0.05) is 30.5 Å². The number of fused-ring (bicyclic) bond motifs is 1. The third-order valence-corrected chi connectivity index (χ3v) is 7.95. The molecule has 4 aliphatic carbocycles. The normalized spacial score (nSPS) is 33.6. The van der Waals surface area contributed by atoms with Gasteiger partial charge in [0.2, 0.25) is 0 Å². The Bertz CT molecular complexity index is 1200. The van der Waals surface area contributed by atoms with Crippen LogP contribution >= 0.6 is 0 Å². The first-order chi connectivity index (χ1) is 16.1. The van der Waals surface area contributed by atoms with E-state index in [-0.39, 0.29) is 42.6 Å². The fourth-order valence-corrected chi connectivity index (χ4v) is 7.30. The number of alkyl halides is 1. The first kappa shape index (κ1) is 21.5. The van der Waals surface area contributed by atoms with E-state index in [4.69, 9.17) is 5.73 Å². The number of primary amides is 1. The van der Waals surface area contributed by atoms with Crippen LogP contribution in [0.2, 0.25) is 0 Å². The second-order valence-electron chi connectivity index (χ2n) is 10.8. The minimum absolute atomic E-state index is 0.0598. The number of hydrogen-bond donors (Lipinski definition) is 3. The molecule has 10 heteroatoms. The molecule has 0 saturated heterocycles. The monoisotopic (exact) mass is 471 g/mol. The van der Waals surface area contributed by atoms with Crippen LogP contribution in [0.4, 0.5) is 13.6 Å². The summed E-state index contributed by atoms with van der Waals surface area (Å²) in [6.07, 6.45) is 2.41. The summed E-state index contributed by atoms with van der Waals surface area (Å²) in [5.74, 6) is -1.10. The second kappa shape index (κ2) is 7.00. The van der Waals surface area contributed by atoms with Crippen LogP contribution in [0.3, 0.4) is 0 Å². The number of nitrogens with two attached hydrogens (primary N) is 1. The third kappa shape index (κ3) is 3.38. The number of carbonyl (C=O) groups excluding carboxylic acids is 2. The molecule has 4 unspecified atom stereocenters. The van der Waals surface area contributed by atoms with Gasteiger partial charge in [-0.2, -0.15) is 5.10 Å². The van der Waals surface area contributed by atoms with Crippen molar-refractivity contribution < 1.29 is 23.5 Å². The zero-order valence-electron chi connectivity index (χ0n) is 18.7. The fraction of sp³-hybridized carbons (Fsp3) is 0.542. The minimum atomic E-state index is -1.44. The summed E-state index contributed by atoms with van der Waals surface area (Å²) < 4.78 is 30.8. The van der Waals surface area contributed by atoms with E-state index < -0.39 is 28.5 Å². The summed E-state index contributed by atoms with van der Waals surface area (Å²) in [7, 11) is 0. The molecule has 4 N–H and O–H groups in total. The van der Waals surface area contributed by atoms with E-state index in [0.717, 1.165) is 0 Å². The van der Waals surface area contributed by atoms with Crippen molar-refractivity contribution in [1.29, 1.82) is 0 Å². The van der Waals surface area contributed by atoms with E-state index in [1.54, 1.807) is 15.6 Å². The lowest BCUT2D eigenvalue weighted by Crippen LogP contribution is -2.70. The highest BCUT2D eigenvalue weighted by Gasteiger charge is 2.64. The molecule has 34 heavy (non-hydrogen) atoms. The summed E-state index contributed by atoms with van der Waals surface area (Å²) in [4.78, 5) is 27.2. The molecule has 1 aromatic heterocycles. The van der Waals surface area contributed by atoms with Crippen molar-refractivity contribution in [3.63, 3.8) is 0 Å². The van der Waals surface area contributed by atoms with Crippen molar-refractivity contribution >= 4 is 11.9 Å². The van der Waals surface area contributed by atoms with Gasteiger partial charge in [0.25, 0.3) is 5.91 Å². The van der Waals surface area contributed by atoms with Crippen LogP contribution in [0.15, 0.2) is 24.3 Å². The lowest BCUT2D eigenvalue weighted by molar-refractivity contribution is -0.183. The molecule has 3 amide bonds. The van der Waals surface area contributed by atoms with Crippen molar-refractivity contribution in [3.05, 3.63) is 41.3 Å². The number of nitrogens with zero attached hydrogens (tertiary/aromatic N) is 3. The number of urea groups is 1. The molecule has 4 bridgehead atoms. The van der Waals surface area contributed by atoms with E-state index >= 15 is 4.39 Å². The standard InChI is InChI=1S/C24H27F2N5O3/c25-16-3-1-2-15(6-16)19-18(20(27)32)17-10-30(4-5-31(17)29-19)21(33)28-23-8-14-7-22(26,11-23)12-24(34,9-14)13-23/h1-3,6,14,34H,4-5,7-13H2,(H2,27,32)(H,28,33). The largest absolute Gasteiger partial charge is 0.390 e. The average molecular weight is 472 g/mol. The minimum Gasteiger partial charge on any atom is -0.390 e. The molecule has 4 saturated carbocycles. The van der Waals surface area contributed by atoms with Crippen LogP contribution in [0.5, 0.6) is 0 Å². The lowest BCUT2D eigenvalue weighted by atomic mass is 9.50. The molecule has 2 heterocycles. The topological polar surface area (TPSA) is 113 Å². The molecule has 2 aromatic rings. The Hall–Kier alpha value is -3.01. The molecule has 5 aliphatic rings. The number of carbonyl (C=O) groups is 2. The van der Waals surface area contributed by atoms with E-state index in [2.05, 4.69) is 10.4 Å². The van der Waals surface area contributed by atoms with Crippen LogP contribution in [0.1, 0.15) is 54.6 Å². The molecule has 8 nitrogen and oxygen atoms in total. The maximum atomic E-state index is 15.4. The van der Waals surface area contributed by atoms with Gasteiger partial charge < -0.3 is 21.1 Å². The number of amides is 3. The Morgan fingerprint density at radius 3 is 2.71 bits per heavy atom. The predicted octanol–water partition coefficient (Wildman–Crippen LogP) is 2.49. The first-order valence-corrected chi connectivity index (χ1v) is 11.7. The summed E-state index contributed by atoms with van der Waals surface area (Å²) in [6, 6.07) is 5.42. The van der Waals surface area contributed by atoms with E-state index in [1.807, 2.05) is 0 Å². The predicted molar refractivity (Wildman–Crippen MR) is 118 cm³/mol. The molecular formula is C24H27F2N5O3. The number of halogens is 2. The highest BCUT2D eigenvalue weighted by molar-refractivity contribution is 6.00. The summed E-state index contributed by atoms with van der Waals surface area (Å²) >= 11 is 0. The van der Waals surface area contributed by atoms with E-state index in [1.165, 1.54) is 18.2 Å². The number of aromatic nitrogens is 2. The molecule has 0 radical (unpaired) electrons. The highest BCUT2D eigenvalue weighted by atomic mass is 19.1. The van der Waals surface area contributed by atoms with E-state index in [0.29, 0.717) is 50.0 Å². The quantitative estimate of drug-likeness (QED) is 0.638. The zero-order chi connectivity index (χ0) is 23.9. The van der Waals surface area contributed by atoms with Crippen LogP contribution in [-0.2, 0) is 13.1 Å². The number of aliphatic hydroxyl groups is 1. The number of benzene rings is 1. The summed E-state index contributed by atoms with van der Waals surface area (Å²) in [6.45, 7) is 0.772. The molecule has 7 rings (SSSR count). The van der Waals surface area contributed by atoms with Crippen molar-refractivity contribution in [3.8, 4) is 11.3 Å². The number of rotatable bonds is 3. The molecule has 1 aliphatic heterocycles. The van der Waals surface area contributed by atoms with Crippen molar-refractivity contribution in [2.45, 2.75) is 68.4 Å². The Labute approximate surface area is 195 Å². The van der Waals surface area contributed by atoms with Crippen LogP contribution in [-0.4, -0.2) is 55.1 Å². The number of hydrogen-bond acceptors (Lipinski definition) is 4. The van der Waals surface area contributed by atoms with E-state index in [9.17, 15) is 19.1 Å². The lowest BCUT2D eigenvalue weighted by Gasteiger charge is -2.62. The maximum Gasteiger partial charge on any atom is 0.318 e. The Kier molecular flexibility index (Phi) is 4.43. The van der Waals surface area contributed by atoms with Gasteiger partial charge in [0.05, 0.1) is 29.9 Å². The van der Waals surface area contributed by atoms with Gasteiger partial charge in [0.1, 0.15) is 17.2 Å². The van der Waals surface area contributed by atoms with Crippen molar-refractivity contribution in [2.24, 2.45) is 11.7 Å². The van der Waals surface area contributed by atoms with Gasteiger partial charge in [-0.25, -0.2) is 13.6 Å². The van der Waals surface area contributed by atoms with Gasteiger partial charge >= 0.3 is 6.03 Å². The summed E-state index contributed by atoms with van der Waals surface area (Å²) in [5.41, 5.74) is 3.75. The summed E-state index contributed by atoms with van der Waals surface area (Å²) in [5, 5.41) is 18.5. The third-order valence-electron chi connectivity index (χ3n) is 7.95. The molecule has 1 aromatic carbocycles. The van der Waals surface area contributed by atoms with Gasteiger partial charge in [-0.1, -0.05) is 12.1 Å². The molecule has 4 fully saturated rings. The highest BCUT2D eigenvalue weighted by Crippen LogP contribution is 2.60. The Balaban J connectivity index is 1.27. The Morgan fingerprint density at radius 1 is 1.18 bits per heavy atom. The zero-order valence-corrected chi connectivity index (χ0v) is 18.7. The molecular weight excluding hydrogens is 444 g/mol. The molecule has 0 spiro atoms. The molecule has 180 valence electrons. The molecule has 4 atom stereocenters. The second-order valence-corrected chi connectivity index (χ2v) is 10.8. The van der Waals surface area contributed by atoms with Crippen molar-refractivity contribution in [1.82, 2.24) is 20.0 Å². The van der Waals surface area contributed by atoms with Crippen LogP contribution in [0.25, 0.3) is 11.3 Å². The van der Waals surface area contributed by atoms with Gasteiger partial charge in [-0.3, -0.25) is 9.48 Å². The van der Waals surface area contributed by atoms with Gasteiger partial charge in [0.15, 0.2) is 0 Å². The average Bonchev–Trinajstić information content (AvgIpc) is 3.09. The SMILES string of the molecule is NC(=O)c1c(-c2cccc(F)c2)nn2c1CN(C(=O)NC13CC4CC(O)(CC(F)(C4)C1)C3)CC2. The van der Waals surface area contributed by atoms with Gasteiger partial charge in [-0.15, -0.1) is 0 Å². The smallest absolute Gasteiger partial charge is 0.318 e. The first-order valence-electron chi connectivity index (χ1n) is 11.7. The number of nitrogens with one attached hydrogen (secondary N) is 1. The van der Waals surface area contributed by atoms with Crippen LogP contribution < -0.4 is 11.1 Å².